The summed E-state index contributed by atoms with van der Waals surface area (Å²) < 4.78 is 34.2. The fourth-order valence-corrected chi connectivity index (χ4v) is 8.12. The molecule has 0 amide bonds. The second kappa shape index (κ2) is 40.0. The number of allylic oxidation sites excluding steroid dienone is 6. The number of esters is 1. The van der Waals surface area contributed by atoms with Gasteiger partial charge in [-0.25, -0.2) is 0 Å². The molecule has 386 valence electrons. The van der Waals surface area contributed by atoms with Gasteiger partial charge in [0.05, 0.1) is 26.4 Å². The van der Waals surface area contributed by atoms with E-state index in [0.29, 0.717) is 13.0 Å². The van der Waals surface area contributed by atoms with Crippen LogP contribution in [0.25, 0.3) is 0 Å². The van der Waals surface area contributed by atoms with Gasteiger partial charge in [-0.2, -0.15) is 0 Å². The van der Waals surface area contributed by atoms with Gasteiger partial charge < -0.3 is 64.2 Å². The molecule has 7 N–H and O–H groups in total. The Hall–Kier alpha value is -1.79. The van der Waals surface area contributed by atoms with Crippen LogP contribution >= 0.6 is 0 Å². The number of carbonyl (C=O) groups excluding carboxylic acids is 1. The highest BCUT2D eigenvalue weighted by Crippen LogP contribution is 2.26. The van der Waals surface area contributed by atoms with Crippen molar-refractivity contribution in [2.24, 2.45) is 0 Å². The van der Waals surface area contributed by atoms with Gasteiger partial charge in [0.15, 0.2) is 12.6 Å². The molecule has 14 nitrogen and oxygen atoms in total. The summed E-state index contributed by atoms with van der Waals surface area (Å²) in [6.07, 6.45) is 27.8. The number of aliphatic hydroxyl groups is 7. The summed E-state index contributed by atoms with van der Waals surface area (Å²) in [6.45, 7) is 3.66. The topological polar surface area (TPSA) is 214 Å². The Morgan fingerprint density at radius 3 is 1.47 bits per heavy atom. The van der Waals surface area contributed by atoms with Crippen molar-refractivity contribution < 1.29 is 69.0 Å². The minimum atomic E-state index is -1.71. The van der Waals surface area contributed by atoms with Crippen molar-refractivity contribution in [3.05, 3.63) is 36.5 Å². The number of carbonyl (C=O) groups is 1. The maximum absolute atomic E-state index is 13.0. The van der Waals surface area contributed by atoms with Crippen LogP contribution in [0.5, 0.6) is 0 Å². The minimum Gasteiger partial charge on any atom is -0.457 e. The molecular formula is C52H94O14. The number of ether oxygens (including phenoxy) is 6. The fourth-order valence-electron chi connectivity index (χ4n) is 8.12. The van der Waals surface area contributed by atoms with E-state index in [1.165, 1.54) is 89.9 Å². The molecule has 0 aliphatic carbocycles. The second-order valence-electron chi connectivity index (χ2n) is 18.3. The van der Waals surface area contributed by atoms with Crippen LogP contribution in [0.4, 0.5) is 0 Å². The summed E-state index contributed by atoms with van der Waals surface area (Å²) in [4.78, 5) is 13.0. The summed E-state index contributed by atoms with van der Waals surface area (Å²) >= 11 is 0. The van der Waals surface area contributed by atoms with E-state index in [4.69, 9.17) is 28.4 Å². The third-order valence-electron chi connectivity index (χ3n) is 12.4. The number of rotatable bonds is 41. The van der Waals surface area contributed by atoms with Crippen LogP contribution in [0, 0.1) is 0 Å². The summed E-state index contributed by atoms with van der Waals surface area (Å²) in [5.74, 6) is -0.388. The largest absolute Gasteiger partial charge is 0.457 e. The van der Waals surface area contributed by atoms with Crippen molar-refractivity contribution in [2.75, 3.05) is 33.0 Å². The Bertz CT molecular complexity index is 1230. The van der Waals surface area contributed by atoms with E-state index < -0.39 is 80.7 Å². The Morgan fingerprint density at radius 1 is 0.500 bits per heavy atom. The lowest BCUT2D eigenvalue weighted by atomic mass is 9.98. The van der Waals surface area contributed by atoms with E-state index in [0.717, 1.165) is 70.6 Å². The van der Waals surface area contributed by atoms with E-state index >= 15 is 0 Å². The van der Waals surface area contributed by atoms with Crippen molar-refractivity contribution >= 4 is 5.97 Å². The van der Waals surface area contributed by atoms with E-state index in [2.05, 4.69) is 50.3 Å². The van der Waals surface area contributed by atoms with Crippen molar-refractivity contribution in [1.82, 2.24) is 0 Å². The zero-order valence-corrected chi connectivity index (χ0v) is 40.9. The summed E-state index contributed by atoms with van der Waals surface area (Å²) in [7, 11) is 0. The third-order valence-corrected chi connectivity index (χ3v) is 12.4. The molecule has 0 bridgehead atoms. The molecule has 0 radical (unpaired) electrons. The summed E-state index contributed by atoms with van der Waals surface area (Å²) in [5, 5.41) is 72.1. The Balaban J connectivity index is 1.75. The molecule has 2 aliphatic rings. The smallest absolute Gasteiger partial charge is 0.306 e. The van der Waals surface area contributed by atoms with Gasteiger partial charge >= 0.3 is 5.97 Å². The van der Waals surface area contributed by atoms with Crippen LogP contribution in [0.15, 0.2) is 36.5 Å². The zero-order valence-electron chi connectivity index (χ0n) is 40.9. The quantitative estimate of drug-likeness (QED) is 0.0177. The van der Waals surface area contributed by atoms with Gasteiger partial charge in [0.2, 0.25) is 0 Å². The molecule has 0 spiro atoms. The summed E-state index contributed by atoms with van der Waals surface area (Å²) in [6, 6.07) is 0. The monoisotopic (exact) mass is 943 g/mol. The highest BCUT2D eigenvalue weighted by atomic mass is 16.7. The Morgan fingerprint density at radius 2 is 0.939 bits per heavy atom. The van der Waals surface area contributed by atoms with Crippen LogP contribution in [0.1, 0.15) is 187 Å². The predicted octanol–water partition coefficient (Wildman–Crippen LogP) is 7.80. The van der Waals surface area contributed by atoms with Gasteiger partial charge in [-0.3, -0.25) is 4.79 Å². The van der Waals surface area contributed by atoms with Crippen molar-refractivity contribution in [1.29, 1.82) is 0 Å². The SMILES string of the molecule is CCCCCCC/C=C\C/C=C\C/C=C\CCCCCCCCC(=O)OC(COCCCCCCCCCCCCC)COC1OC(COC2OC(CO)C(O)C(O)C2O)C(O)C(O)C1O. The number of hydrogen-bond acceptors (Lipinski definition) is 14. The molecule has 11 unspecified atom stereocenters. The van der Waals surface area contributed by atoms with Crippen molar-refractivity contribution in [2.45, 2.75) is 255 Å². The maximum atomic E-state index is 13.0. The average molecular weight is 943 g/mol. The Labute approximate surface area is 398 Å². The van der Waals surface area contributed by atoms with E-state index in [-0.39, 0.29) is 25.6 Å². The normalized spacial score (nSPS) is 26.6. The van der Waals surface area contributed by atoms with Gasteiger partial charge in [-0.15, -0.1) is 0 Å². The zero-order chi connectivity index (χ0) is 48.0. The number of hydrogen-bond donors (Lipinski definition) is 7. The predicted molar refractivity (Wildman–Crippen MR) is 256 cm³/mol. The van der Waals surface area contributed by atoms with E-state index in [9.17, 15) is 40.5 Å². The molecule has 2 saturated heterocycles. The molecule has 2 rings (SSSR count). The first-order valence-electron chi connectivity index (χ1n) is 26.1. The molecule has 0 aromatic heterocycles. The maximum Gasteiger partial charge on any atom is 0.306 e. The first-order chi connectivity index (χ1) is 32.1. The molecule has 0 saturated carbocycles. The standard InChI is InChI=1S/C52H94O14/c1-3-5-7-9-11-13-15-16-17-18-19-20-21-22-23-24-25-27-29-31-33-35-44(54)64-41(38-61-36-34-32-30-28-26-14-12-10-8-6-4-2)39-62-51-50(60)48(58)46(56)43(66-51)40-63-52-49(59)47(57)45(55)42(37-53)65-52/h15-16,18-19,21-22,41-43,45-53,55-60H,3-14,17,20,23-40H2,1-2H3/b16-15-,19-18-,22-21-. The van der Waals surface area contributed by atoms with Crippen molar-refractivity contribution in [3.63, 3.8) is 0 Å². The highest BCUT2D eigenvalue weighted by Gasteiger charge is 2.47. The fraction of sp³-hybridized carbons (Fsp3) is 0.865. The van der Waals surface area contributed by atoms with E-state index in [1.54, 1.807) is 0 Å². The van der Waals surface area contributed by atoms with Gasteiger partial charge in [-0.1, -0.05) is 166 Å². The van der Waals surface area contributed by atoms with Crippen LogP contribution in [-0.2, 0) is 33.2 Å². The molecule has 14 heteroatoms. The van der Waals surface area contributed by atoms with Gasteiger partial charge in [0, 0.05) is 13.0 Å². The van der Waals surface area contributed by atoms with Crippen LogP contribution in [-0.4, -0.2) is 142 Å². The van der Waals surface area contributed by atoms with Crippen LogP contribution < -0.4 is 0 Å². The first kappa shape index (κ1) is 60.3. The molecule has 2 heterocycles. The first-order valence-corrected chi connectivity index (χ1v) is 26.1. The van der Waals surface area contributed by atoms with Crippen LogP contribution in [0.2, 0.25) is 0 Å². The van der Waals surface area contributed by atoms with E-state index in [1.807, 2.05) is 0 Å². The Kier molecular flexibility index (Phi) is 36.6. The third kappa shape index (κ3) is 27.4. The molecular weight excluding hydrogens is 849 g/mol. The lowest BCUT2D eigenvalue weighted by Crippen LogP contribution is -2.61. The molecule has 0 aromatic carbocycles. The number of unbranched alkanes of at least 4 members (excludes halogenated alkanes) is 21. The average Bonchev–Trinajstić information content (AvgIpc) is 3.31. The number of aliphatic hydroxyl groups excluding tert-OH is 7. The lowest BCUT2D eigenvalue weighted by Gasteiger charge is -2.42. The molecule has 66 heavy (non-hydrogen) atoms. The van der Waals surface area contributed by atoms with Gasteiger partial charge in [0.25, 0.3) is 0 Å². The van der Waals surface area contributed by atoms with Crippen molar-refractivity contribution in [3.8, 4) is 0 Å². The van der Waals surface area contributed by atoms with Crippen LogP contribution in [0.3, 0.4) is 0 Å². The second-order valence-corrected chi connectivity index (χ2v) is 18.3. The highest BCUT2D eigenvalue weighted by molar-refractivity contribution is 5.69. The molecule has 0 aromatic rings. The molecule has 2 aliphatic heterocycles. The lowest BCUT2D eigenvalue weighted by molar-refractivity contribution is -0.332. The van der Waals surface area contributed by atoms with Gasteiger partial charge in [0.1, 0.15) is 54.9 Å². The molecule has 2 fully saturated rings. The van der Waals surface area contributed by atoms with Gasteiger partial charge in [-0.05, 0) is 51.4 Å². The summed E-state index contributed by atoms with van der Waals surface area (Å²) in [5.41, 5.74) is 0. The minimum absolute atomic E-state index is 0.0581. The molecule has 11 atom stereocenters.